The number of hydrogen-bond donors (Lipinski definition) is 0. The second-order valence-corrected chi connectivity index (χ2v) is 3.85. The molecule has 0 unspecified atom stereocenters. The molecule has 78 valence electrons. The molecule has 0 aromatic carbocycles. The number of aromatic nitrogens is 3. The average molecular weight is 317 g/mol. The molecule has 0 saturated carbocycles. The SMILES string of the molecule is CCOC(=O)c1nn2cccnc2c1I. The summed E-state index contributed by atoms with van der Waals surface area (Å²) < 4.78 is 7.17. The van der Waals surface area contributed by atoms with E-state index in [4.69, 9.17) is 4.74 Å². The minimum Gasteiger partial charge on any atom is -0.461 e. The Morgan fingerprint density at radius 3 is 3.13 bits per heavy atom. The molecule has 0 bridgehead atoms. The van der Waals surface area contributed by atoms with Crippen LogP contribution in [0.5, 0.6) is 0 Å². The predicted octanol–water partition coefficient (Wildman–Crippen LogP) is 1.51. The molecule has 2 rings (SSSR count). The minimum absolute atomic E-state index is 0.316. The van der Waals surface area contributed by atoms with Crippen LogP contribution in [0.25, 0.3) is 5.65 Å². The molecule has 0 spiro atoms. The van der Waals surface area contributed by atoms with Crippen molar-refractivity contribution in [3.8, 4) is 0 Å². The number of nitrogens with zero attached hydrogens (tertiary/aromatic N) is 3. The summed E-state index contributed by atoms with van der Waals surface area (Å²) in [4.78, 5) is 15.6. The number of fused-ring (bicyclic) bond motifs is 1. The monoisotopic (exact) mass is 317 g/mol. The number of carbonyl (C=O) groups is 1. The van der Waals surface area contributed by atoms with Crippen molar-refractivity contribution in [2.75, 3.05) is 6.61 Å². The zero-order chi connectivity index (χ0) is 10.8. The topological polar surface area (TPSA) is 56.5 Å². The molecule has 0 saturated heterocycles. The van der Waals surface area contributed by atoms with Crippen LogP contribution < -0.4 is 0 Å². The Morgan fingerprint density at radius 2 is 2.47 bits per heavy atom. The normalized spacial score (nSPS) is 10.5. The van der Waals surface area contributed by atoms with Crippen molar-refractivity contribution < 1.29 is 9.53 Å². The predicted molar refractivity (Wildman–Crippen MR) is 61.7 cm³/mol. The van der Waals surface area contributed by atoms with Crippen LogP contribution in [0.1, 0.15) is 17.4 Å². The quantitative estimate of drug-likeness (QED) is 0.622. The summed E-state index contributed by atoms with van der Waals surface area (Å²) in [6, 6.07) is 1.75. The molecule has 0 aliphatic carbocycles. The third-order valence-corrected chi connectivity index (χ3v) is 2.80. The van der Waals surface area contributed by atoms with Gasteiger partial charge in [0.25, 0.3) is 0 Å². The standard InChI is InChI=1S/C9H8IN3O2/c1-2-15-9(14)7-6(10)8-11-4-3-5-13(8)12-7/h3-5H,2H2,1H3. The summed E-state index contributed by atoms with van der Waals surface area (Å²) in [7, 11) is 0. The van der Waals surface area contributed by atoms with Gasteiger partial charge in [-0.3, -0.25) is 0 Å². The van der Waals surface area contributed by atoms with Gasteiger partial charge < -0.3 is 4.74 Å². The smallest absolute Gasteiger partial charge is 0.360 e. The molecular formula is C9H8IN3O2. The summed E-state index contributed by atoms with van der Waals surface area (Å²) in [5.74, 6) is -0.410. The molecule has 0 fully saturated rings. The zero-order valence-corrected chi connectivity index (χ0v) is 10.1. The molecule has 2 aromatic rings. The Morgan fingerprint density at radius 1 is 1.67 bits per heavy atom. The fourth-order valence-electron chi connectivity index (χ4n) is 1.19. The highest BCUT2D eigenvalue weighted by Crippen LogP contribution is 2.16. The second kappa shape index (κ2) is 4.13. The summed E-state index contributed by atoms with van der Waals surface area (Å²) in [5.41, 5.74) is 0.984. The van der Waals surface area contributed by atoms with E-state index in [1.54, 1.807) is 29.9 Å². The first-order valence-corrected chi connectivity index (χ1v) is 5.48. The summed E-state index contributed by atoms with van der Waals surface area (Å²) in [6.45, 7) is 2.11. The van der Waals surface area contributed by atoms with Crippen molar-refractivity contribution in [1.82, 2.24) is 14.6 Å². The van der Waals surface area contributed by atoms with Gasteiger partial charge in [-0.2, -0.15) is 5.10 Å². The van der Waals surface area contributed by atoms with E-state index >= 15 is 0 Å². The van der Waals surface area contributed by atoms with E-state index in [9.17, 15) is 4.79 Å². The van der Waals surface area contributed by atoms with E-state index in [2.05, 4.69) is 10.1 Å². The Hall–Kier alpha value is -1.18. The largest absolute Gasteiger partial charge is 0.461 e. The molecule has 5 nitrogen and oxygen atoms in total. The van der Waals surface area contributed by atoms with Crippen molar-refractivity contribution >= 4 is 34.2 Å². The van der Waals surface area contributed by atoms with Crippen LogP contribution in [0, 0.1) is 3.57 Å². The van der Waals surface area contributed by atoms with Gasteiger partial charge in [-0.05, 0) is 35.6 Å². The lowest BCUT2D eigenvalue weighted by Crippen LogP contribution is -2.06. The van der Waals surface area contributed by atoms with Crippen molar-refractivity contribution in [2.45, 2.75) is 6.92 Å². The highest BCUT2D eigenvalue weighted by atomic mass is 127. The van der Waals surface area contributed by atoms with Gasteiger partial charge in [-0.15, -0.1) is 0 Å². The third kappa shape index (κ3) is 1.81. The van der Waals surface area contributed by atoms with Gasteiger partial charge in [-0.1, -0.05) is 0 Å². The molecule has 0 aliphatic heterocycles. The van der Waals surface area contributed by atoms with Crippen LogP contribution in [-0.4, -0.2) is 27.2 Å². The maximum atomic E-state index is 11.5. The van der Waals surface area contributed by atoms with Crippen LogP contribution in [0.4, 0.5) is 0 Å². The van der Waals surface area contributed by atoms with E-state index in [0.717, 1.165) is 0 Å². The average Bonchev–Trinajstić information content (AvgIpc) is 2.57. The molecule has 0 N–H and O–H groups in total. The Labute approximate surface area is 99.6 Å². The summed E-state index contributed by atoms with van der Waals surface area (Å²) in [6.07, 6.45) is 3.40. The molecule has 2 heterocycles. The number of esters is 1. The molecule has 15 heavy (non-hydrogen) atoms. The van der Waals surface area contributed by atoms with E-state index < -0.39 is 5.97 Å². The first kappa shape index (κ1) is 10.3. The van der Waals surface area contributed by atoms with Gasteiger partial charge in [0, 0.05) is 12.4 Å². The zero-order valence-electron chi connectivity index (χ0n) is 7.98. The van der Waals surface area contributed by atoms with Gasteiger partial charge in [-0.25, -0.2) is 14.3 Å². The molecule has 6 heteroatoms. The van der Waals surface area contributed by atoms with Gasteiger partial charge >= 0.3 is 5.97 Å². The van der Waals surface area contributed by atoms with E-state index in [1.165, 1.54) is 0 Å². The fraction of sp³-hybridized carbons (Fsp3) is 0.222. The highest BCUT2D eigenvalue weighted by molar-refractivity contribution is 14.1. The first-order valence-electron chi connectivity index (χ1n) is 4.40. The number of rotatable bonds is 2. The number of ether oxygens (including phenoxy) is 1. The van der Waals surface area contributed by atoms with E-state index in [0.29, 0.717) is 21.5 Å². The number of hydrogen-bond acceptors (Lipinski definition) is 4. The Balaban J connectivity index is 2.53. The van der Waals surface area contributed by atoms with Crippen molar-refractivity contribution in [3.05, 3.63) is 27.7 Å². The second-order valence-electron chi connectivity index (χ2n) is 2.77. The Bertz CT molecular complexity index is 509. The van der Waals surface area contributed by atoms with Crippen LogP contribution in [0.3, 0.4) is 0 Å². The molecule has 0 radical (unpaired) electrons. The van der Waals surface area contributed by atoms with Gasteiger partial charge in [0.15, 0.2) is 11.3 Å². The van der Waals surface area contributed by atoms with Crippen molar-refractivity contribution in [2.24, 2.45) is 0 Å². The van der Waals surface area contributed by atoms with Crippen molar-refractivity contribution in [3.63, 3.8) is 0 Å². The van der Waals surface area contributed by atoms with Crippen LogP contribution in [0.15, 0.2) is 18.5 Å². The summed E-state index contributed by atoms with van der Waals surface area (Å²) >= 11 is 2.04. The fourth-order valence-corrected chi connectivity index (χ4v) is 1.90. The van der Waals surface area contributed by atoms with Crippen molar-refractivity contribution in [1.29, 1.82) is 0 Å². The van der Waals surface area contributed by atoms with Crippen LogP contribution in [-0.2, 0) is 4.74 Å². The lowest BCUT2D eigenvalue weighted by molar-refractivity contribution is 0.0518. The lowest BCUT2D eigenvalue weighted by atomic mass is 10.4. The lowest BCUT2D eigenvalue weighted by Gasteiger charge is -1.96. The van der Waals surface area contributed by atoms with E-state index in [1.807, 2.05) is 22.6 Å². The number of halogens is 1. The molecule has 0 amide bonds. The van der Waals surface area contributed by atoms with E-state index in [-0.39, 0.29) is 0 Å². The molecule has 0 atom stereocenters. The van der Waals surface area contributed by atoms with Gasteiger partial charge in [0.05, 0.1) is 10.2 Å². The maximum Gasteiger partial charge on any atom is 0.360 e. The first-order chi connectivity index (χ1) is 7.24. The molecule has 0 aliphatic rings. The van der Waals surface area contributed by atoms with Crippen LogP contribution >= 0.6 is 22.6 Å². The molecule has 2 aromatic heterocycles. The summed E-state index contributed by atoms with van der Waals surface area (Å²) in [5, 5.41) is 4.10. The van der Waals surface area contributed by atoms with Gasteiger partial charge in [0.2, 0.25) is 0 Å². The Kier molecular flexibility index (Phi) is 2.85. The van der Waals surface area contributed by atoms with Gasteiger partial charge in [0.1, 0.15) is 0 Å². The third-order valence-electron chi connectivity index (χ3n) is 1.81. The minimum atomic E-state index is -0.410. The number of carbonyl (C=O) groups excluding carboxylic acids is 1. The van der Waals surface area contributed by atoms with Crippen LogP contribution in [0.2, 0.25) is 0 Å². The highest BCUT2D eigenvalue weighted by Gasteiger charge is 2.18. The maximum absolute atomic E-state index is 11.5. The molecular weight excluding hydrogens is 309 g/mol.